The first-order chi connectivity index (χ1) is 15.2. The number of hydrogen-bond donors (Lipinski definition) is 2. The lowest BCUT2D eigenvalue weighted by Gasteiger charge is -2.30. The molecule has 11 heteroatoms. The minimum absolute atomic E-state index is 0.0332. The molecule has 5 rings (SSSR count). The van der Waals surface area contributed by atoms with Crippen LogP contribution in [0.3, 0.4) is 0 Å². The van der Waals surface area contributed by atoms with Crippen LogP contribution in [-0.4, -0.2) is 54.9 Å². The molecule has 0 saturated carbocycles. The monoisotopic (exact) mass is 446 g/mol. The normalized spacial score (nSPS) is 18.6. The molecular formula is C21H18F4N6O. The number of rotatable bonds is 3. The van der Waals surface area contributed by atoms with Gasteiger partial charge in [0, 0.05) is 36.8 Å². The second kappa shape index (κ2) is 7.38. The van der Waals surface area contributed by atoms with Crippen molar-refractivity contribution >= 4 is 16.6 Å². The molecule has 4 heterocycles. The molecule has 32 heavy (non-hydrogen) atoms. The van der Waals surface area contributed by atoms with E-state index in [1.807, 2.05) is 0 Å². The molecule has 1 aromatic carbocycles. The Morgan fingerprint density at radius 2 is 1.94 bits per heavy atom. The van der Waals surface area contributed by atoms with Gasteiger partial charge in [0.1, 0.15) is 28.8 Å². The van der Waals surface area contributed by atoms with Crippen LogP contribution in [0.15, 0.2) is 42.6 Å². The summed E-state index contributed by atoms with van der Waals surface area (Å²) in [4.78, 5) is 5.66. The van der Waals surface area contributed by atoms with Gasteiger partial charge in [-0.1, -0.05) is 12.1 Å². The molecule has 3 N–H and O–H groups in total. The van der Waals surface area contributed by atoms with E-state index in [4.69, 9.17) is 5.73 Å². The van der Waals surface area contributed by atoms with E-state index >= 15 is 0 Å². The molecule has 1 aliphatic heterocycles. The van der Waals surface area contributed by atoms with Crippen molar-refractivity contribution in [2.45, 2.75) is 24.7 Å². The number of phenols is 1. The van der Waals surface area contributed by atoms with Gasteiger partial charge in [0.2, 0.25) is 0 Å². The maximum atomic E-state index is 14.0. The Labute approximate surface area is 179 Å². The number of halogens is 4. The van der Waals surface area contributed by atoms with Gasteiger partial charge in [-0.15, -0.1) is 10.2 Å². The average molecular weight is 446 g/mol. The van der Waals surface area contributed by atoms with Crippen molar-refractivity contribution in [2.24, 2.45) is 5.73 Å². The smallest absolute Gasteiger partial charge is 0.408 e. The standard InChI is InChI=1S/C21H18F4N6O/c22-13-7-11-1-3-15(27-18(11)16(32)8-13)20-29-28-17-4-2-12(9-31(17)20)19(21(23,24)25)30-6-5-14(26)10-30/h1-4,7-9,14,19,32H,5-6,10,26H2/t14?,19-/m1/s1. The molecule has 1 saturated heterocycles. The number of nitrogens with two attached hydrogens (primary N) is 1. The third-order valence-corrected chi connectivity index (χ3v) is 5.64. The summed E-state index contributed by atoms with van der Waals surface area (Å²) >= 11 is 0. The highest BCUT2D eigenvalue weighted by Gasteiger charge is 2.46. The molecule has 0 spiro atoms. The van der Waals surface area contributed by atoms with Crippen molar-refractivity contribution in [2.75, 3.05) is 13.1 Å². The predicted octanol–water partition coefficient (Wildman–Crippen LogP) is 3.43. The van der Waals surface area contributed by atoms with E-state index in [0.717, 1.165) is 6.07 Å². The average Bonchev–Trinajstić information content (AvgIpc) is 3.33. The van der Waals surface area contributed by atoms with Crippen LogP contribution in [0.4, 0.5) is 17.6 Å². The second-order valence-electron chi connectivity index (χ2n) is 7.90. The zero-order valence-electron chi connectivity index (χ0n) is 16.6. The van der Waals surface area contributed by atoms with E-state index in [-0.39, 0.29) is 47.5 Å². The van der Waals surface area contributed by atoms with Gasteiger partial charge in [0.15, 0.2) is 11.5 Å². The van der Waals surface area contributed by atoms with E-state index < -0.39 is 18.0 Å². The Balaban J connectivity index is 1.62. The van der Waals surface area contributed by atoms with Gasteiger partial charge >= 0.3 is 6.18 Å². The number of pyridine rings is 2. The highest BCUT2D eigenvalue weighted by atomic mass is 19.4. The summed E-state index contributed by atoms with van der Waals surface area (Å²) in [5.74, 6) is -0.757. The largest absolute Gasteiger partial charge is 0.506 e. The molecule has 1 fully saturated rings. The number of hydrogen-bond acceptors (Lipinski definition) is 6. The molecule has 0 amide bonds. The minimum Gasteiger partial charge on any atom is -0.506 e. The highest BCUT2D eigenvalue weighted by molar-refractivity contribution is 5.86. The Morgan fingerprint density at radius 3 is 2.66 bits per heavy atom. The molecule has 4 aromatic rings. The summed E-state index contributed by atoms with van der Waals surface area (Å²) in [5.41, 5.74) is 6.64. The summed E-state index contributed by atoms with van der Waals surface area (Å²) in [6, 6.07) is 6.00. The van der Waals surface area contributed by atoms with E-state index in [1.165, 1.54) is 33.7 Å². The van der Waals surface area contributed by atoms with Crippen molar-refractivity contribution in [3.63, 3.8) is 0 Å². The van der Waals surface area contributed by atoms with Crippen molar-refractivity contribution in [3.8, 4) is 17.3 Å². The van der Waals surface area contributed by atoms with Gasteiger partial charge in [-0.2, -0.15) is 13.2 Å². The zero-order valence-corrected chi connectivity index (χ0v) is 16.6. The first-order valence-electron chi connectivity index (χ1n) is 9.91. The SMILES string of the molecule is NC1CCN([C@H](c2ccc3nnc(-c4ccc5cc(F)cc(O)c5n4)n3c2)C(F)(F)F)C1. The van der Waals surface area contributed by atoms with Gasteiger partial charge in [-0.05, 0) is 30.2 Å². The maximum Gasteiger partial charge on any atom is 0.408 e. The fourth-order valence-electron chi connectivity index (χ4n) is 4.21. The van der Waals surface area contributed by atoms with Gasteiger partial charge in [-0.3, -0.25) is 9.30 Å². The first-order valence-corrected chi connectivity index (χ1v) is 9.91. The molecule has 0 radical (unpaired) electrons. The lowest BCUT2D eigenvalue weighted by Crippen LogP contribution is -2.38. The van der Waals surface area contributed by atoms with Crippen LogP contribution in [0.5, 0.6) is 5.75 Å². The van der Waals surface area contributed by atoms with Gasteiger partial charge < -0.3 is 10.8 Å². The van der Waals surface area contributed by atoms with E-state index in [9.17, 15) is 22.7 Å². The van der Waals surface area contributed by atoms with E-state index in [1.54, 1.807) is 12.1 Å². The maximum absolute atomic E-state index is 14.0. The molecule has 0 aliphatic carbocycles. The highest BCUT2D eigenvalue weighted by Crippen LogP contribution is 2.39. The summed E-state index contributed by atoms with van der Waals surface area (Å²) < 4.78 is 56.9. The van der Waals surface area contributed by atoms with Crippen molar-refractivity contribution in [1.29, 1.82) is 0 Å². The van der Waals surface area contributed by atoms with Gasteiger partial charge in [0.25, 0.3) is 0 Å². The summed E-state index contributed by atoms with van der Waals surface area (Å²) in [7, 11) is 0. The Morgan fingerprint density at radius 1 is 1.12 bits per heavy atom. The Kier molecular flexibility index (Phi) is 4.75. The zero-order chi connectivity index (χ0) is 22.6. The molecule has 166 valence electrons. The summed E-state index contributed by atoms with van der Waals surface area (Å²) in [5, 5.41) is 18.5. The van der Waals surface area contributed by atoms with Crippen LogP contribution in [0.1, 0.15) is 18.0 Å². The Hall–Kier alpha value is -3.31. The number of nitrogens with zero attached hydrogens (tertiary/aromatic N) is 5. The third-order valence-electron chi connectivity index (χ3n) is 5.64. The first kappa shape index (κ1) is 20.6. The number of aromatic nitrogens is 4. The molecule has 3 aromatic heterocycles. The van der Waals surface area contributed by atoms with Crippen LogP contribution in [0.2, 0.25) is 0 Å². The molecule has 1 aliphatic rings. The van der Waals surface area contributed by atoms with Crippen LogP contribution in [0.25, 0.3) is 28.1 Å². The molecular weight excluding hydrogens is 428 g/mol. The number of aromatic hydroxyl groups is 1. The molecule has 1 unspecified atom stereocenters. The van der Waals surface area contributed by atoms with Crippen LogP contribution < -0.4 is 5.73 Å². The van der Waals surface area contributed by atoms with E-state index in [2.05, 4.69) is 15.2 Å². The quantitative estimate of drug-likeness (QED) is 0.469. The summed E-state index contributed by atoms with van der Waals surface area (Å²) in [6.45, 7) is 0.403. The number of benzene rings is 1. The topological polar surface area (TPSA) is 92.6 Å². The second-order valence-corrected chi connectivity index (χ2v) is 7.90. The number of alkyl halides is 3. The van der Waals surface area contributed by atoms with Gasteiger partial charge in [-0.25, -0.2) is 9.37 Å². The van der Waals surface area contributed by atoms with E-state index in [0.29, 0.717) is 17.5 Å². The molecule has 0 bridgehead atoms. The predicted molar refractivity (Wildman–Crippen MR) is 108 cm³/mol. The third kappa shape index (κ3) is 3.53. The number of fused-ring (bicyclic) bond motifs is 2. The van der Waals surface area contributed by atoms with Crippen molar-refractivity contribution in [3.05, 3.63) is 54.0 Å². The lowest BCUT2D eigenvalue weighted by molar-refractivity contribution is -0.183. The summed E-state index contributed by atoms with van der Waals surface area (Å²) in [6.07, 6.45) is -2.65. The fourth-order valence-corrected chi connectivity index (χ4v) is 4.21. The molecule has 2 atom stereocenters. The number of likely N-dealkylation sites (tertiary alicyclic amines) is 1. The van der Waals surface area contributed by atoms with Gasteiger partial charge in [0.05, 0.1) is 0 Å². The van der Waals surface area contributed by atoms with Crippen molar-refractivity contribution < 1.29 is 22.7 Å². The number of phenolic OH excluding ortho intramolecular Hbond substituents is 1. The lowest BCUT2D eigenvalue weighted by atomic mass is 10.1. The van der Waals surface area contributed by atoms with Crippen LogP contribution >= 0.6 is 0 Å². The fraction of sp³-hybridized carbons (Fsp3) is 0.286. The van der Waals surface area contributed by atoms with Crippen LogP contribution in [-0.2, 0) is 0 Å². The Bertz CT molecular complexity index is 1320. The van der Waals surface area contributed by atoms with Crippen molar-refractivity contribution in [1.82, 2.24) is 24.5 Å². The van der Waals surface area contributed by atoms with Crippen LogP contribution in [0, 0.1) is 5.82 Å². The minimum atomic E-state index is -4.50. The molecule has 7 nitrogen and oxygen atoms in total.